The third-order valence-corrected chi connectivity index (χ3v) is 8.64. The summed E-state index contributed by atoms with van der Waals surface area (Å²) in [7, 11) is 1.40. The zero-order valence-corrected chi connectivity index (χ0v) is 25.3. The predicted octanol–water partition coefficient (Wildman–Crippen LogP) is 4.95. The van der Waals surface area contributed by atoms with Gasteiger partial charge >= 0.3 is 5.97 Å². The number of aromatic nitrogens is 4. The first kappa shape index (κ1) is 30.3. The molecule has 1 aliphatic heterocycles. The van der Waals surface area contributed by atoms with Gasteiger partial charge in [0.1, 0.15) is 11.5 Å². The summed E-state index contributed by atoms with van der Waals surface area (Å²) in [6.45, 7) is 4.35. The molecule has 3 aromatic heterocycles. The number of carbonyl (C=O) groups is 3. The molecule has 1 saturated carbocycles. The lowest BCUT2D eigenvalue weighted by Gasteiger charge is -2.28. The first-order valence-corrected chi connectivity index (χ1v) is 15.3. The van der Waals surface area contributed by atoms with Gasteiger partial charge in [0.25, 0.3) is 5.56 Å². The number of Topliss-reactive ketones (excluding diaryl/α,β-unsaturated/α-hetero) is 1. The van der Waals surface area contributed by atoms with Gasteiger partial charge in [0.15, 0.2) is 5.78 Å². The van der Waals surface area contributed by atoms with E-state index < -0.39 is 0 Å². The lowest BCUT2D eigenvalue weighted by molar-refractivity contribution is -0.140. The second kappa shape index (κ2) is 13.4. The quantitative estimate of drug-likeness (QED) is 0.187. The number of anilines is 2. The Morgan fingerprint density at radius 1 is 1.05 bits per heavy atom. The van der Waals surface area contributed by atoms with Crippen LogP contribution in [0.3, 0.4) is 0 Å². The van der Waals surface area contributed by atoms with Crippen LogP contribution in [0, 0.1) is 6.92 Å². The third kappa shape index (κ3) is 6.76. The number of nitrogens with one attached hydrogen (secondary N) is 1. The van der Waals surface area contributed by atoms with E-state index in [0.717, 1.165) is 62.6 Å². The van der Waals surface area contributed by atoms with Crippen LogP contribution < -0.4 is 10.9 Å². The van der Waals surface area contributed by atoms with E-state index in [1.54, 1.807) is 17.7 Å². The summed E-state index contributed by atoms with van der Waals surface area (Å²) in [5.41, 5.74) is 3.03. The summed E-state index contributed by atoms with van der Waals surface area (Å²) in [4.78, 5) is 65.8. The first-order valence-electron chi connectivity index (χ1n) is 15.3. The molecule has 1 N–H and O–H groups in total. The van der Waals surface area contributed by atoms with E-state index in [0.29, 0.717) is 60.7 Å². The number of unbranched alkanes of at least 4 members (excludes halogenated alkanes) is 3. The van der Waals surface area contributed by atoms with Crippen molar-refractivity contribution < 1.29 is 19.1 Å². The minimum Gasteiger partial charge on any atom is -0.469 e. The lowest BCUT2D eigenvalue weighted by Crippen LogP contribution is -2.36. The van der Waals surface area contributed by atoms with Crippen molar-refractivity contribution in [3.63, 3.8) is 0 Å². The minimum atomic E-state index is -0.279. The van der Waals surface area contributed by atoms with Crippen LogP contribution in [-0.4, -0.2) is 55.7 Å². The predicted molar refractivity (Wildman–Crippen MR) is 162 cm³/mol. The molecule has 1 aliphatic carbocycles. The molecule has 11 nitrogen and oxygen atoms in total. The Hall–Kier alpha value is -4.15. The number of aryl methyl sites for hydroxylation is 1. The summed E-state index contributed by atoms with van der Waals surface area (Å²) in [6.07, 6.45) is 10.5. The number of amides is 1. The van der Waals surface area contributed by atoms with E-state index in [1.165, 1.54) is 14.0 Å². The van der Waals surface area contributed by atoms with E-state index in [9.17, 15) is 19.2 Å². The number of ketones is 1. The van der Waals surface area contributed by atoms with Crippen molar-refractivity contribution in [1.82, 2.24) is 24.4 Å². The molecule has 0 unspecified atom stereocenters. The molecule has 11 heteroatoms. The molecule has 4 heterocycles. The molecule has 228 valence electrons. The summed E-state index contributed by atoms with van der Waals surface area (Å²) in [5, 5.41) is 3.90. The van der Waals surface area contributed by atoms with Crippen molar-refractivity contribution in [3.8, 4) is 0 Å². The molecule has 1 amide bonds. The van der Waals surface area contributed by atoms with Gasteiger partial charge in [0.2, 0.25) is 11.9 Å². The van der Waals surface area contributed by atoms with Crippen molar-refractivity contribution in [2.24, 2.45) is 0 Å². The maximum absolute atomic E-state index is 13.5. The Kier molecular flexibility index (Phi) is 9.47. The van der Waals surface area contributed by atoms with Crippen LogP contribution in [0.5, 0.6) is 0 Å². The average molecular weight is 589 g/mol. The highest BCUT2D eigenvalue weighted by Gasteiger charge is 2.26. The Morgan fingerprint density at radius 3 is 2.51 bits per heavy atom. The highest BCUT2D eigenvalue weighted by atomic mass is 16.5. The molecular weight excluding hydrogens is 548 g/mol. The summed E-state index contributed by atoms with van der Waals surface area (Å²) >= 11 is 0. The van der Waals surface area contributed by atoms with Crippen LogP contribution in [0.1, 0.15) is 104 Å². The third-order valence-electron chi connectivity index (χ3n) is 8.64. The number of fused-ring (bicyclic) bond motifs is 2. The lowest BCUT2D eigenvalue weighted by atomic mass is 10.0. The van der Waals surface area contributed by atoms with Crippen molar-refractivity contribution in [3.05, 3.63) is 51.1 Å². The van der Waals surface area contributed by atoms with Gasteiger partial charge in [-0.15, -0.1) is 0 Å². The normalized spacial score (nSPS) is 15.0. The fraction of sp³-hybridized carbons (Fsp3) is 0.531. The zero-order valence-electron chi connectivity index (χ0n) is 25.3. The number of esters is 1. The largest absolute Gasteiger partial charge is 0.469 e. The van der Waals surface area contributed by atoms with Gasteiger partial charge in [-0.1, -0.05) is 31.7 Å². The molecule has 3 aromatic rings. The van der Waals surface area contributed by atoms with Gasteiger partial charge < -0.3 is 15.0 Å². The zero-order chi connectivity index (χ0) is 30.5. The van der Waals surface area contributed by atoms with E-state index in [2.05, 4.69) is 15.0 Å². The number of carbonyl (C=O) groups excluding carboxylic acids is 3. The van der Waals surface area contributed by atoms with Crippen molar-refractivity contribution in [1.29, 1.82) is 0 Å². The Morgan fingerprint density at radius 2 is 1.79 bits per heavy atom. The molecule has 0 atom stereocenters. The second-order valence-corrected chi connectivity index (χ2v) is 11.6. The SMILES string of the molecule is COC(=O)CCCCCCC(=O)N1CCc2nc(Nc3ncc4c(C)c(C(C)=O)c(=O)n(C5CCCC5)c4n3)ccc2C1. The molecular formula is C32H40N6O5. The van der Waals surface area contributed by atoms with Crippen LogP contribution in [-0.2, 0) is 27.3 Å². The Bertz CT molecular complexity index is 1590. The van der Waals surface area contributed by atoms with Crippen molar-refractivity contribution in [2.75, 3.05) is 19.0 Å². The molecule has 0 aromatic carbocycles. The smallest absolute Gasteiger partial charge is 0.305 e. The maximum atomic E-state index is 13.5. The molecule has 43 heavy (non-hydrogen) atoms. The Balaban J connectivity index is 1.26. The molecule has 1 fully saturated rings. The number of hydrogen-bond acceptors (Lipinski definition) is 9. The number of pyridine rings is 2. The summed E-state index contributed by atoms with van der Waals surface area (Å²) < 4.78 is 6.36. The van der Waals surface area contributed by atoms with Crippen LogP contribution >= 0.6 is 0 Å². The van der Waals surface area contributed by atoms with Crippen LogP contribution in [0.2, 0.25) is 0 Å². The van der Waals surface area contributed by atoms with Crippen molar-refractivity contribution in [2.45, 2.75) is 97.1 Å². The molecule has 5 rings (SSSR count). The molecule has 0 saturated heterocycles. The standard InChI is InChI=1S/C32H40N6O5/c1-20-24-18-33-32(36-30(24)38(23-10-8-9-11-23)31(42)29(20)21(2)39)35-26-15-14-22-19-37(17-16-25(22)34-26)27(40)12-6-4-5-7-13-28(41)43-3/h14-15,18,23H,4-13,16-17,19H2,1-3H3,(H,33,34,35,36). The van der Waals surface area contributed by atoms with Crippen LogP contribution in [0.15, 0.2) is 23.1 Å². The molecule has 0 bridgehead atoms. The van der Waals surface area contributed by atoms with Gasteiger partial charge in [-0.05, 0) is 56.7 Å². The molecule has 0 radical (unpaired) electrons. The van der Waals surface area contributed by atoms with Crippen molar-refractivity contribution >= 4 is 40.5 Å². The highest BCUT2D eigenvalue weighted by Crippen LogP contribution is 2.32. The second-order valence-electron chi connectivity index (χ2n) is 11.6. The number of hydrogen-bond donors (Lipinski definition) is 1. The maximum Gasteiger partial charge on any atom is 0.305 e. The van der Waals surface area contributed by atoms with Crippen LogP contribution in [0.4, 0.5) is 11.8 Å². The highest BCUT2D eigenvalue weighted by molar-refractivity contribution is 5.99. The summed E-state index contributed by atoms with van der Waals surface area (Å²) in [6, 6.07) is 3.85. The van der Waals surface area contributed by atoms with Gasteiger partial charge in [-0.2, -0.15) is 4.98 Å². The van der Waals surface area contributed by atoms with Gasteiger partial charge in [0.05, 0.1) is 12.7 Å². The van der Waals surface area contributed by atoms with Crippen LogP contribution in [0.25, 0.3) is 11.0 Å². The number of rotatable bonds is 11. The monoisotopic (exact) mass is 588 g/mol. The van der Waals surface area contributed by atoms with E-state index >= 15 is 0 Å². The first-order chi connectivity index (χ1) is 20.8. The van der Waals surface area contributed by atoms with Gasteiger partial charge in [-0.25, -0.2) is 9.97 Å². The molecule has 2 aliphatic rings. The molecule has 0 spiro atoms. The van der Waals surface area contributed by atoms with Gasteiger partial charge in [0, 0.05) is 55.7 Å². The minimum absolute atomic E-state index is 0.00976. The van der Waals surface area contributed by atoms with E-state index in [1.807, 2.05) is 17.0 Å². The number of nitrogens with zero attached hydrogens (tertiary/aromatic N) is 5. The van der Waals surface area contributed by atoms with E-state index in [4.69, 9.17) is 9.97 Å². The van der Waals surface area contributed by atoms with Gasteiger partial charge in [-0.3, -0.25) is 23.7 Å². The number of methoxy groups -OCH3 is 1. The Labute approximate surface area is 251 Å². The van der Waals surface area contributed by atoms with E-state index in [-0.39, 0.29) is 34.8 Å². The fourth-order valence-corrected chi connectivity index (χ4v) is 6.28. The summed E-state index contributed by atoms with van der Waals surface area (Å²) in [5.74, 6) is 0.632. The average Bonchev–Trinajstić information content (AvgIpc) is 3.52. The number of ether oxygens (including phenoxy) is 1. The topological polar surface area (TPSA) is 136 Å². The fourth-order valence-electron chi connectivity index (χ4n) is 6.28.